The van der Waals surface area contributed by atoms with Crippen LogP contribution < -0.4 is 4.72 Å². The Bertz CT molecular complexity index is 934. The molecule has 2 aromatic carbocycles. The summed E-state index contributed by atoms with van der Waals surface area (Å²) in [5, 5.41) is 0. The van der Waals surface area contributed by atoms with E-state index in [0.29, 0.717) is 0 Å². The second-order valence-corrected chi connectivity index (χ2v) is 7.45. The molecule has 1 N–H and O–H groups in total. The number of carbonyl (C=O) groups excluding carboxylic acids is 2. The van der Waals surface area contributed by atoms with E-state index in [2.05, 4.69) is 4.72 Å². The summed E-state index contributed by atoms with van der Waals surface area (Å²) < 4.78 is 27.3. The van der Waals surface area contributed by atoms with Crippen molar-refractivity contribution in [2.24, 2.45) is 0 Å². The van der Waals surface area contributed by atoms with Gasteiger partial charge in [-0.2, -0.15) is 0 Å². The normalized spacial score (nSPS) is 14.2. The summed E-state index contributed by atoms with van der Waals surface area (Å²) in [6, 6.07) is 11.4. The summed E-state index contributed by atoms with van der Waals surface area (Å²) >= 11 is 0. The zero-order valence-electron chi connectivity index (χ0n) is 13.2. The molecule has 24 heavy (non-hydrogen) atoms. The van der Waals surface area contributed by atoms with Gasteiger partial charge in [-0.3, -0.25) is 14.5 Å². The average molecular weight is 344 g/mol. The number of nitrogens with zero attached hydrogens (tertiary/aromatic N) is 1. The fourth-order valence-corrected chi connectivity index (χ4v) is 3.52. The highest BCUT2D eigenvalue weighted by atomic mass is 32.2. The summed E-state index contributed by atoms with van der Waals surface area (Å²) in [7, 11) is -2.41. The molecule has 0 bridgehead atoms. The molecule has 124 valence electrons. The van der Waals surface area contributed by atoms with Crippen molar-refractivity contribution < 1.29 is 18.0 Å². The number of nitrogens with one attached hydrogen (secondary N) is 1. The second kappa shape index (κ2) is 5.85. The van der Waals surface area contributed by atoms with Crippen LogP contribution in [-0.4, -0.2) is 32.2 Å². The number of imide groups is 1. The lowest BCUT2D eigenvalue weighted by Crippen LogP contribution is -2.24. The van der Waals surface area contributed by atoms with Crippen molar-refractivity contribution in [2.75, 3.05) is 7.05 Å². The van der Waals surface area contributed by atoms with Crippen molar-refractivity contribution in [3.05, 3.63) is 64.7 Å². The van der Waals surface area contributed by atoms with Crippen LogP contribution in [0.3, 0.4) is 0 Å². The Labute approximate surface area is 140 Å². The zero-order chi connectivity index (χ0) is 17.5. The SMILES string of the molecule is Cc1ccc(CNS(=O)(=O)c2ccc3c(c2)C(=O)N(C)C3=O)cc1. The summed E-state index contributed by atoms with van der Waals surface area (Å²) in [6.07, 6.45) is 0. The Morgan fingerprint density at radius 2 is 1.58 bits per heavy atom. The van der Waals surface area contributed by atoms with Gasteiger partial charge in [-0.25, -0.2) is 13.1 Å². The lowest BCUT2D eigenvalue weighted by molar-refractivity contribution is 0.0693. The van der Waals surface area contributed by atoms with Crippen molar-refractivity contribution in [1.82, 2.24) is 9.62 Å². The maximum atomic E-state index is 12.4. The highest BCUT2D eigenvalue weighted by Gasteiger charge is 2.33. The van der Waals surface area contributed by atoms with Crippen LogP contribution >= 0.6 is 0 Å². The van der Waals surface area contributed by atoms with Crippen LogP contribution in [-0.2, 0) is 16.6 Å². The van der Waals surface area contributed by atoms with Crippen molar-refractivity contribution in [2.45, 2.75) is 18.4 Å². The third-order valence-corrected chi connectivity index (χ3v) is 5.36. The van der Waals surface area contributed by atoms with Crippen LogP contribution in [0.2, 0.25) is 0 Å². The molecule has 2 aromatic rings. The number of amides is 2. The summed E-state index contributed by atoms with van der Waals surface area (Å²) in [5.41, 5.74) is 2.25. The topological polar surface area (TPSA) is 83.6 Å². The molecule has 1 heterocycles. The first-order valence-electron chi connectivity index (χ1n) is 7.31. The quantitative estimate of drug-likeness (QED) is 0.856. The van der Waals surface area contributed by atoms with E-state index in [9.17, 15) is 18.0 Å². The Kier molecular flexibility index (Phi) is 3.98. The Balaban J connectivity index is 1.85. The van der Waals surface area contributed by atoms with E-state index in [4.69, 9.17) is 0 Å². The largest absolute Gasteiger partial charge is 0.277 e. The second-order valence-electron chi connectivity index (χ2n) is 5.69. The van der Waals surface area contributed by atoms with Gasteiger partial charge in [-0.05, 0) is 30.7 Å². The van der Waals surface area contributed by atoms with E-state index >= 15 is 0 Å². The lowest BCUT2D eigenvalue weighted by Gasteiger charge is -2.08. The maximum Gasteiger partial charge on any atom is 0.261 e. The van der Waals surface area contributed by atoms with Gasteiger partial charge in [0.1, 0.15) is 0 Å². The number of aryl methyl sites for hydroxylation is 1. The number of fused-ring (bicyclic) bond motifs is 1. The van der Waals surface area contributed by atoms with Crippen LogP contribution in [0, 0.1) is 6.92 Å². The third kappa shape index (κ3) is 2.83. The maximum absolute atomic E-state index is 12.4. The molecule has 0 unspecified atom stereocenters. The van der Waals surface area contributed by atoms with E-state index in [0.717, 1.165) is 16.0 Å². The lowest BCUT2D eigenvalue weighted by atomic mass is 10.1. The molecule has 2 amide bonds. The first-order valence-corrected chi connectivity index (χ1v) is 8.79. The predicted octanol–water partition coefficient (Wildman–Crippen LogP) is 1.70. The number of carbonyl (C=O) groups is 2. The van der Waals surface area contributed by atoms with E-state index in [1.54, 1.807) is 0 Å². The number of sulfonamides is 1. The van der Waals surface area contributed by atoms with Gasteiger partial charge < -0.3 is 0 Å². The number of hydrogen-bond donors (Lipinski definition) is 1. The van der Waals surface area contributed by atoms with E-state index in [-0.39, 0.29) is 22.6 Å². The molecule has 0 aliphatic carbocycles. The summed E-state index contributed by atoms with van der Waals surface area (Å²) in [5.74, 6) is -0.919. The van der Waals surface area contributed by atoms with Gasteiger partial charge in [-0.15, -0.1) is 0 Å². The first-order chi connectivity index (χ1) is 11.3. The zero-order valence-corrected chi connectivity index (χ0v) is 14.1. The molecule has 0 saturated carbocycles. The number of hydrogen-bond acceptors (Lipinski definition) is 4. The minimum Gasteiger partial charge on any atom is -0.277 e. The minimum absolute atomic E-state index is 0.0372. The van der Waals surface area contributed by atoms with Gasteiger partial charge >= 0.3 is 0 Å². The molecule has 6 nitrogen and oxygen atoms in total. The van der Waals surface area contributed by atoms with Crippen molar-refractivity contribution >= 4 is 21.8 Å². The molecular weight excluding hydrogens is 328 g/mol. The summed E-state index contributed by atoms with van der Waals surface area (Å²) in [6.45, 7) is 2.10. The Morgan fingerprint density at radius 3 is 2.25 bits per heavy atom. The molecule has 1 aliphatic rings. The molecular formula is C17H16N2O4S. The highest BCUT2D eigenvalue weighted by Crippen LogP contribution is 2.24. The standard InChI is InChI=1S/C17H16N2O4S/c1-11-3-5-12(6-4-11)10-18-24(22,23)13-7-8-14-15(9-13)17(21)19(2)16(14)20/h3-9,18H,10H2,1-2H3. The average Bonchev–Trinajstić information content (AvgIpc) is 2.79. The van der Waals surface area contributed by atoms with Crippen molar-refractivity contribution in [3.8, 4) is 0 Å². The van der Waals surface area contributed by atoms with Crippen LogP contribution in [0.1, 0.15) is 31.8 Å². The molecule has 0 radical (unpaired) electrons. The molecule has 0 spiro atoms. The van der Waals surface area contributed by atoms with Crippen LogP contribution in [0.5, 0.6) is 0 Å². The molecule has 3 rings (SSSR count). The molecule has 1 aliphatic heterocycles. The fourth-order valence-electron chi connectivity index (χ4n) is 2.48. The van der Waals surface area contributed by atoms with Crippen molar-refractivity contribution in [1.29, 1.82) is 0 Å². The van der Waals surface area contributed by atoms with Gasteiger partial charge in [0.25, 0.3) is 11.8 Å². The van der Waals surface area contributed by atoms with Gasteiger partial charge in [-0.1, -0.05) is 29.8 Å². The molecule has 7 heteroatoms. The van der Waals surface area contributed by atoms with Gasteiger partial charge in [0.05, 0.1) is 16.0 Å². The van der Waals surface area contributed by atoms with Crippen LogP contribution in [0.25, 0.3) is 0 Å². The molecule has 0 aromatic heterocycles. The van der Waals surface area contributed by atoms with E-state index in [1.165, 1.54) is 25.2 Å². The van der Waals surface area contributed by atoms with Crippen molar-refractivity contribution in [3.63, 3.8) is 0 Å². The van der Waals surface area contributed by atoms with E-state index < -0.39 is 21.8 Å². The third-order valence-electron chi connectivity index (χ3n) is 3.96. The predicted molar refractivity (Wildman–Crippen MR) is 88.1 cm³/mol. The smallest absolute Gasteiger partial charge is 0.261 e. The van der Waals surface area contributed by atoms with E-state index in [1.807, 2.05) is 31.2 Å². The fraction of sp³-hybridized carbons (Fsp3) is 0.176. The highest BCUT2D eigenvalue weighted by molar-refractivity contribution is 7.89. The van der Waals surface area contributed by atoms with Gasteiger partial charge in [0.15, 0.2) is 0 Å². The molecule has 0 saturated heterocycles. The number of rotatable bonds is 4. The molecule has 0 atom stereocenters. The first kappa shape index (κ1) is 16.4. The van der Waals surface area contributed by atoms with Crippen LogP contribution in [0.15, 0.2) is 47.4 Å². The number of benzene rings is 2. The monoisotopic (exact) mass is 344 g/mol. The Morgan fingerprint density at radius 1 is 0.958 bits per heavy atom. The minimum atomic E-state index is -3.78. The van der Waals surface area contributed by atoms with Crippen LogP contribution in [0.4, 0.5) is 0 Å². The van der Waals surface area contributed by atoms with Gasteiger partial charge in [0.2, 0.25) is 10.0 Å². The Hall–Kier alpha value is -2.51. The molecule has 0 fully saturated rings. The summed E-state index contributed by atoms with van der Waals surface area (Å²) in [4.78, 5) is 24.8. The van der Waals surface area contributed by atoms with Gasteiger partial charge in [0, 0.05) is 13.6 Å².